The first-order chi connectivity index (χ1) is 17.9. The first kappa shape index (κ1) is 26.0. The van der Waals surface area contributed by atoms with Gasteiger partial charge < -0.3 is 26.2 Å². The van der Waals surface area contributed by atoms with Gasteiger partial charge in [0.25, 0.3) is 5.91 Å². The SMILES string of the molecule is CC.Cc1cc(-c2c(C3CCOCC3)n(-c3ccc(F)cc3)c3cc(C=N)c(N)cc23)cnc1C(N)=O. The maximum absolute atomic E-state index is 13.8. The summed E-state index contributed by atoms with van der Waals surface area (Å²) in [5.74, 6) is -0.728. The summed E-state index contributed by atoms with van der Waals surface area (Å²) in [4.78, 5) is 16.2. The number of benzene rings is 2. The van der Waals surface area contributed by atoms with Gasteiger partial charge in [-0.15, -0.1) is 0 Å². The van der Waals surface area contributed by atoms with Crippen LogP contribution < -0.4 is 11.5 Å². The highest BCUT2D eigenvalue weighted by Gasteiger charge is 2.29. The normalized spacial score (nSPS) is 13.7. The highest BCUT2D eigenvalue weighted by Crippen LogP contribution is 2.44. The molecular formula is C29H32FN5O2. The van der Waals surface area contributed by atoms with Crippen LogP contribution in [0.4, 0.5) is 10.1 Å². The van der Waals surface area contributed by atoms with Crippen LogP contribution in [0.3, 0.4) is 0 Å². The van der Waals surface area contributed by atoms with Crippen molar-refractivity contribution < 1.29 is 13.9 Å². The summed E-state index contributed by atoms with van der Waals surface area (Å²) in [6.07, 6.45) is 4.55. The summed E-state index contributed by atoms with van der Waals surface area (Å²) in [6.45, 7) is 7.09. The zero-order valence-electron chi connectivity index (χ0n) is 21.3. The van der Waals surface area contributed by atoms with Crippen LogP contribution in [-0.4, -0.2) is 34.9 Å². The Kier molecular flexibility index (Phi) is 7.69. The van der Waals surface area contributed by atoms with E-state index in [-0.39, 0.29) is 17.4 Å². The van der Waals surface area contributed by atoms with Crippen molar-refractivity contribution in [2.75, 3.05) is 18.9 Å². The van der Waals surface area contributed by atoms with Crippen molar-refractivity contribution in [1.82, 2.24) is 9.55 Å². The van der Waals surface area contributed by atoms with E-state index in [0.29, 0.717) is 30.0 Å². The van der Waals surface area contributed by atoms with Crippen molar-refractivity contribution >= 4 is 28.7 Å². The number of amides is 1. The van der Waals surface area contributed by atoms with E-state index in [1.54, 1.807) is 18.3 Å². The van der Waals surface area contributed by atoms with Crippen molar-refractivity contribution in [3.8, 4) is 16.8 Å². The Morgan fingerprint density at radius 1 is 1.16 bits per heavy atom. The summed E-state index contributed by atoms with van der Waals surface area (Å²) < 4.78 is 21.6. The van der Waals surface area contributed by atoms with Crippen LogP contribution >= 0.6 is 0 Å². The minimum absolute atomic E-state index is 0.164. The molecule has 1 fully saturated rings. The number of hydrogen-bond donors (Lipinski definition) is 3. The number of carbonyl (C=O) groups is 1. The Bertz CT molecular complexity index is 1450. The summed E-state index contributed by atoms with van der Waals surface area (Å²) in [5, 5.41) is 8.74. The van der Waals surface area contributed by atoms with Gasteiger partial charge in [0.2, 0.25) is 0 Å². The van der Waals surface area contributed by atoms with Gasteiger partial charge in [0.1, 0.15) is 11.5 Å². The Morgan fingerprint density at radius 2 is 1.84 bits per heavy atom. The summed E-state index contributed by atoms with van der Waals surface area (Å²) in [7, 11) is 0. The largest absolute Gasteiger partial charge is 0.398 e. The van der Waals surface area contributed by atoms with E-state index in [1.807, 2.05) is 39.0 Å². The zero-order valence-corrected chi connectivity index (χ0v) is 21.3. The Labute approximate surface area is 215 Å². The van der Waals surface area contributed by atoms with Crippen LogP contribution in [0.15, 0.2) is 48.7 Å². The lowest BCUT2D eigenvalue weighted by Gasteiger charge is -2.26. The van der Waals surface area contributed by atoms with Gasteiger partial charge in [0, 0.05) is 70.7 Å². The van der Waals surface area contributed by atoms with Crippen molar-refractivity contribution in [2.45, 2.75) is 39.5 Å². The number of hydrogen-bond acceptors (Lipinski definition) is 5. The number of halogens is 1. The quantitative estimate of drug-likeness (QED) is 0.239. The molecule has 0 atom stereocenters. The maximum atomic E-state index is 13.8. The number of nitrogens with zero attached hydrogens (tertiary/aromatic N) is 2. The van der Waals surface area contributed by atoms with Gasteiger partial charge in [-0.25, -0.2) is 4.39 Å². The number of fused-ring (bicyclic) bond motifs is 1. The lowest BCUT2D eigenvalue weighted by molar-refractivity contribution is 0.0843. The number of nitrogens with one attached hydrogen (secondary N) is 1. The van der Waals surface area contributed by atoms with Crippen molar-refractivity contribution in [1.29, 1.82) is 5.41 Å². The molecule has 0 saturated carbocycles. The van der Waals surface area contributed by atoms with E-state index in [1.165, 1.54) is 18.3 Å². The fourth-order valence-corrected chi connectivity index (χ4v) is 5.01. The molecule has 37 heavy (non-hydrogen) atoms. The molecule has 0 aliphatic carbocycles. The average Bonchev–Trinajstić information content (AvgIpc) is 3.23. The third-order valence-corrected chi connectivity index (χ3v) is 6.66. The summed E-state index contributed by atoms with van der Waals surface area (Å²) >= 11 is 0. The van der Waals surface area contributed by atoms with E-state index in [0.717, 1.165) is 46.3 Å². The van der Waals surface area contributed by atoms with E-state index in [9.17, 15) is 9.18 Å². The first-order valence-electron chi connectivity index (χ1n) is 12.5. The van der Waals surface area contributed by atoms with Gasteiger partial charge in [-0.05, 0) is 67.8 Å². The van der Waals surface area contributed by atoms with Crippen molar-refractivity contribution in [2.24, 2.45) is 5.73 Å². The summed E-state index contributed by atoms with van der Waals surface area (Å²) in [6, 6.07) is 12.1. The molecule has 0 unspecified atom stereocenters. The standard InChI is InChI=1S/C27H26FN5O2.C2H6/c1-15-10-18(14-32-25(15)27(31)34)24-21-12-22(30)17(13-29)11-23(21)33(20-4-2-19(28)3-5-20)26(24)16-6-8-35-9-7-16;1-2/h2-5,10-14,16,29H,6-9,30H2,1H3,(H2,31,34);1-2H3. The number of ether oxygens (including phenoxy) is 1. The zero-order chi connectivity index (χ0) is 26.7. The summed E-state index contributed by atoms with van der Waals surface area (Å²) in [5.41, 5.74) is 18.3. The number of nitrogens with two attached hydrogens (primary N) is 2. The smallest absolute Gasteiger partial charge is 0.267 e. The molecule has 1 aliphatic rings. The third-order valence-electron chi connectivity index (χ3n) is 6.66. The van der Waals surface area contributed by atoms with Gasteiger partial charge in [-0.2, -0.15) is 0 Å². The maximum Gasteiger partial charge on any atom is 0.267 e. The fourth-order valence-electron chi connectivity index (χ4n) is 5.01. The fraction of sp³-hybridized carbons (Fsp3) is 0.276. The predicted octanol–water partition coefficient (Wildman–Crippen LogP) is 5.74. The van der Waals surface area contributed by atoms with Crippen LogP contribution in [0.25, 0.3) is 27.7 Å². The molecule has 0 spiro atoms. The Hall–Kier alpha value is -4.04. The number of pyridine rings is 1. The van der Waals surface area contributed by atoms with E-state index in [2.05, 4.69) is 9.55 Å². The molecule has 0 bridgehead atoms. The molecule has 0 radical (unpaired) electrons. The molecule has 4 aromatic rings. The second kappa shape index (κ2) is 10.9. The molecule has 3 heterocycles. The molecule has 8 heteroatoms. The number of aromatic nitrogens is 2. The van der Waals surface area contributed by atoms with Crippen LogP contribution in [0.5, 0.6) is 0 Å². The minimum Gasteiger partial charge on any atom is -0.398 e. The second-order valence-corrected chi connectivity index (χ2v) is 8.86. The number of carbonyl (C=O) groups excluding carboxylic acids is 1. The molecule has 1 saturated heterocycles. The lowest BCUT2D eigenvalue weighted by Crippen LogP contribution is -2.18. The van der Waals surface area contributed by atoms with Crippen LogP contribution in [0, 0.1) is 18.2 Å². The monoisotopic (exact) mass is 501 g/mol. The van der Waals surface area contributed by atoms with Crippen LogP contribution in [0.1, 0.15) is 59.9 Å². The van der Waals surface area contributed by atoms with Gasteiger partial charge in [0.15, 0.2) is 0 Å². The number of aryl methyl sites for hydroxylation is 1. The van der Waals surface area contributed by atoms with Gasteiger partial charge in [0.05, 0.1) is 5.52 Å². The third kappa shape index (κ3) is 4.84. The molecule has 1 aliphatic heterocycles. The molecule has 5 N–H and O–H groups in total. The molecular weight excluding hydrogens is 469 g/mol. The predicted molar refractivity (Wildman–Crippen MR) is 146 cm³/mol. The number of primary amides is 1. The van der Waals surface area contributed by atoms with Crippen molar-refractivity contribution in [3.05, 3.63) is 77.0 Å². The van der Waals surface area contributed by atoms with Gasteiger partial charge in [-0.3, -0.25) is 9.78 Å². The highest BCUT2D eigenvalue weighted by atomic mass is 19.1. The van der Waals surface area contributed by atoms with Crippen LogP contribution in [0.2, 0.25) is 0 Å². The minimum atomic E-state index is -0.577. The highest BCUT2D eigenvalue weighted by molar-refractivity contribution is 6.05. The average molecular weight is 502 g/mol. The van der Waals surface area contributed by atoms with Crippen LogP contribution in [-0.2, 0) is 4.74 Å². The van der Waals surface area contributed by atoms with Gasteiger partial charge >= 0.3 is 0 Å². The van der Waals surface area contributed by atoms with Crippen molar-refractivity contribution in [3.63, 3.8) is 0 Å². The molecule has 5 rings (SSSR count). The number of nitrogen functional groups attached to an aromatic ring is 1. The van der Waals surface area contributed by atoms with E-state index >= 15 is 0 Å². The van der Waals surface area contributed by atoms with E-state index in [4.69, 9.17) is 21.6 Å². The lowest BCUT2D eigenvalue weighted by atomic mass is 9.89. The molecule has 7 nitrogen and oxygen atoms in total. The van der Waals surface area contributed by atoms with Gasteiger partial charge in [-0.1, -0.05) is 13.8 Å². The molecule has 1 amide bonds. The molecule has 2 aromatic carbocycles. The van der Waals surface area contributed by atoms with E-state index < -0.39 is 5.91 Å². The topological polar surface area (TPSA) is 120 Å². The first-order valence-corrected chi connectivity index (χ1v) is 12.5. The Balaban J connectivity index is 0.00000156. The molecule has 192 valence electrons. The Morgan fingerprint density at radius 3 is 2.43 bits per heavy atom. The second-order valence-electron chi connectivity index (χ2n) is 8.86. The number of rotatable bonds is 5. The molecule has 2 aromatic heterocycles. The number of anilines is 1.